The van der Waals surface area contributed by atoms with Crippen LogP contribution in [-0.4, -0.2) is 54.7 Å². The van der Waals surface area contributed by atoms with E-state index in [1.165, 1.54) is 11.3 Å². The fourth-order valence-electron chi connectivity index (χ4n) is 2.49. The summed E-state index contributed by atoms with van der Waals surface area (Å²) in [4.78, 5) is 5.88. The van der Waals surface area contributed by atoms with E-state index in [0.29, 0.717) is 0 Å². The maximum absolute atomic E-state index is 10.5. The van der Waals surface area contributed by atoms with Gasteiger partial charge in [0.1, 0.15) is 0 Å². The van der Waals surface area contributed by atoms with Gasteiger partial charge in [0.05, 0.1) is 12.1 Å². The topological polar surface area (TPSA) is 26.7 Å². The van der Waals surface area contributed by atoms with Gasteiger partial charge >= 0.3 is 0 Å². The van der Waals surface area contributed by atoms with Crippen molar-refractivity contribution < 1.29 is 5.11 Å². The van der Waals surface area contributed by atoms with Crippen molar-refractivity contribution in [3.05, 3.63) is 21.9 Å². The van der Waals surface area contributed by atoms with Crippen LogP contribution in [0.25, 0.3) is 0 Å². The van der Waals surface area contributed by atoms with Gasteiger partial charge in [-0.2, -0.15) is 0 Å². The summed E-state index contributed by atoms with van der Waals surface area (Å²) >= 11 is 1.71. The number of likely N-dealkylation sites (N-methyl/N-ethyl adjacent to an activating group) is 2. The Labute approximate surface area is 108 Å². The van der Waals surface area contributed by atoms with Crippen LogP contribution in [0.4, 0.5) is 0 Å². The highest BCUT2D eigenvalue weighted by atomic mass is 32.1. The average Bonchev–Trinajstić information content (AvgIpc) is 2.64. The first-order valence-electron chi connectivity index (χ1n) is 6.20. The Morgan fingerprint density at radius 3 is 2.82 bits per heavy atom. The Bertz CT molecular complexity index is 366. The molecule has 2 unspecified atom stereocenters. The van der Waals surface area contributed by atoms with Gasteiger partial charge in [0.15, 0.2) is 0 Å². The van der Waals surface area contributed by atoms with Gasteiger partial charge in [-0.05, 0) is 57.5 Å². The number of rotatable bonds is 2. The highest BCUT2D eigenvalue weighted by Gasteiger charge is 2.28. The molecule has 1 aliphatic heterocycles. The zero-order valence-corrected chi connectivity index (χ0v) is 11.7. The van der Waals surface area contributed by atoms with Crippen LogP contribution in [0, 0.1) is 6.92 Å². The molecule has 0 amide bonds. The molecule has 0 aromatic carbocycles. The lowest BCUT2D eigenvalue weighted by atomic mass is 10.0. The lowest BCUT2D eigenvalue weighted by molar-refractivity contribution is 0.0575. The second kappa shape index (κ2) is 5.48. The number of hydrogen-bond acceptors (Lipinski definition) is 4. The van der Waals surface area contributed by atoms with E-state index in [0.717, 1.165) is 25.2 Å². The quantitative estimate of drug-likeness (QED) is 0.870. The molecule has 96 valence electrons. The molecule has 3 nitrogen and oxygen atoms in total. The van der Waals surface area contributed by atoms with Crippen molar-refractivity contribution in [1.29, 1.82) is 0 Å². The zero-order chi connectivity index (χ0) is 12.4. The van der Waals surface area contributed by atoms with Crippen molar-refractivity contribution in [2.45, 2.75) is 25.5 Å². The largest absolute Gasteiger partial charge is 0.387 e. The van der Waals surface area contributed by atoms with Gasteiger partial charge in [-0.3, -0.25) is 4.90 Å². The monoisotopic (exact) mass is 254 g/mol. The van der Waals surface area contributed by atoms with Gasteiger partial charge in [0.25, 0.3) is 0 Å². The van der Waals surface area contributed by atoms with Gasteiger partial charge < -0.3 is 10.0 Å². The summed E-state index contributed by atoms with van der Waals surface area (Å²) in [6, 6.07) is 2.31. The Hall–Kier alpha value is -0.420. The van der Waals surface area contributed by atoms with Crippen LogP contribution in [0.5, 0.6) is 0 Å². The molecule has 0 spiro atoms. The Kier molecular flexibility index (Phi) is 4.20. The minimum Gasteiger partial charge on any atom is -0.387 e. The SMILES string of the molecule is Cc1cc(C(O)C2CN(C)CCCN2C)cs1. The second-order valence-electron chi connectivity index (χ2n) is 5.10. The number of aryl methyl sites for hydroxylation is 1. The minimum absolute atomic E-state index is 0.205. The predicted octanol–water partition coefficient (Wildman–Crippen LogP) is 1.73. The summed E-state index contributed by atoms with van der Waals surface area (Å²) in [6.07, 6.45) is 0.810. The van der Waals surface area contributed by atoms with Crippen LogP contribution < -0.4 is 0 Å². The van der Waals surface area contributed by atoms with E-state index in [4.69, 9.17) is 0 Å². The Morgan fingerprint density at radius 1 is 1.41 bits per heavy atom. The molecule has 17 heavy (non-hydrogen) atoms. The van der Waals surface area contributed by atoms with Crippen molar-refractivity contribution in [2.24, 2.45) is 0 Å². The predicted molar refractivity (Wildman–Crippen MR) is 72.5 cm³/mol. The molecule has 1 fully saturated rings. The molecule has 1 saturated heterocycles. The van der Waals surface area contributed by atoms with Crippen LogP contribution in [0.2, 0.25) is 0 Å². The maximum Gasteiger partial charge on any atom is 0.0965 e. The van der Waals surface area contributed by atoms with E-state index in [9.17, 15) is 5.11 Å². The molecule has 1 aromatic heterocycles. The van der Waals surface area contributed by atoms with Gasteiger partial charge in [-0.25, -0.2) is 0 Å². The summed E-state index contributed by atoms with van der Waals surface area (Å²) in [5.74, 6) is 0. The molecular formula is C13H22N2OS. The highest BCUT2D eigenvalue weighted by molar-refractivity contribution is 7.10. The minimum atomic E-state index is -0.370. The third-order valence-corrected chi connectivity index (χ3v) is 4.45. The third-order valence-electron chi connectivity index (χ3n) is 3.57. The standard InChI is InChI=1S/C13H22N2OS/c1-10-7-11(9-17-10)13(16)12-8-14(2)5-4-6-15(12)3/h7,9,12-13,16H,4-6,8H2,1-3H3. The smallest absolute Gasteiger partial charge is 0.0965 e. The first kappa shape index (κ1) is 13.0. The first-order valence-corrected chi connectivity index (χ1v) is 7.08. The first-order chi connectivity index (χ1) is 8.08. The summed E-state index contributed by atoms with van der Waals surface area (Å²) in [5.41, 5.74) is 1.07. The van der Waals surface area contributed by atoms with Crippen molar-refractivity contribution >= 4 is 11.3 Å². The van der Waals surface area contributed by atoms with E-state index < -0.39 is 0 Å². The van der Waals surface area contributed by atoms with Gasteiger partial charge in [0, 0.05) is 11.4 Å². The van der Waals surface area contributed by atoms with Gasteiger partial charge in [-0.1, -0.05) is 0 Å². The number of nitrogens with zero attached hydrogens (tertiary/aromatic N) is 2. The summed E-state index contributed by atoms with van der Waals surface area (Å²) in [7, 11) is 4.25. The maximum atomic E-state index is 10.5. The molecule has 2 atom stereocenters. The van der Waals surface area contributed by atoms with Crippen LogP contribution in [0.15, 0.2) is 11.4 Å². The molecule has 0 radical (unpaired) electrons. The molecule has 0 saturated carbocycles. The summed E-state index contributed by atoms with van der Waals surface area (Å²) in [5, 5.41) is 12.6. The number of hydrogen-bond donors (Lipinski definition) is 1. The lowest BCUT2D eigenvalue weighted by Gasteiger charge is -2.31. The van der Waals surface area contributed by atoms with Gasteiger partial charge in [-0.15, -0.1) is 11.3 Å². The van der Waals surface area contributed by atoms with Crippen molar-refractivity contribution in [1.82, 2.24) is 9.80 Å². The molecule has 2 heterocycles. The second-order valence-corrected chi connectivity index (χ2v) is 6.21. The van der Waals surface area contributed by atoms with E-state index in [1.807, 2.05) is 0 Å². The number of aliphatic hydroxyl groups is 1. The molecule has 1 N–H and O–H groups in total. The van der Waals surface area contributed by atoms with E-state index in [-0.39, 0.29) is 12.1 Å². The van der Waals surface area contributed by atoms with Gasteiger partial charge in [0.2, 0.25) is 0 Å². The van der Waals surface area contributed by atoms with E-state index in [2.05, 4.69) is 42.3 Å². The van der Waals surface area contributed by atoms with Crippen LogP contribution >= 0.6 is 11.3 Å². The fraction of sp³-hybridized carbons (Fsp3) is 0.692. The zero-order valence-electron chi connectivity index (χ0n) is 10.9. The Morgan fingerprint density at radius 2 is 2.18 bits per heavy atom. The van der Waals surface area contributed by atoms with Crippen molar-refractivity contribution in [3.63, 3.8) is 0 Å². The van der Waals surface area contributed by atoms with E-state index >= 15 is 0 Å². The number of aliphatic hydroxyl groups excluding tert-OH is 1. The van der Waals surface area contributed by atoms with Crippen LogP contribution in [0.1, 0.15) is 23.0 Å². The fourth-order valence-corrected chi connectivity index (χ4v) is 3.22. The van der Waals surface area contributed by atoms with Crippen molar-refractivity contribution in [2.75, 3.05) is 33.7 Å². The molecule has 1 aromatic rings. The summed E-state index contributed by atoms with van der Waals surface area (Å²) < 4.78 is 0. The molecule has 4 heteroatoms. The molecule has 0 aliphatic carbocycles. The van der Waals surface area contributed by atoms with E-state index in [1.54, 1.807) is 11.3 Å². The molecular weight excluding hydrogens is 232 g/mol. The normalized spacial score (nSPS) is 25.8. The number of thiophene rings is 1. The van der Waals surface area contributed by atoms with Crippen molar-refractivity contribution in [3.8, 4) is 0 Å². The molecule has 1 aliphatic rings. The Balaban J connectivity index is 2.13. The van der Waals surface area contributed by atoms with Crippen LogP contribution in [0.3, 0.4) is 0 Å². The third kappa shape index (κ3) is 3.07. The lowest BCUT2D eigenvalue weighted by Crippen LogP contribution is -2.42. The van der Waals surface area contributed by atoms with Crippen LogP contribution in [-0.2, 0) is 0 Å². The highest BCUT2D eigenvalue weighted by Crippen LogP contribution is 2.26. The average molecular weight is 254 g/mol. The summed E-state index contributed by atoms with van der Waals surface area (Å²) in [6.45, 7) is 5.21. The molecule has 2 rings (SSSR count). The molecule has 0 bridgehead atoms.